The van der Waals surface area contributed by atoms with Crippen molar-refractivity contribution in [3.05, 3.63) is 29.3 Å². The van der Waals surface area contributed by atoms with Crippen molar-refractivity contribution < 1.29 is 4.79 Å². The van der Waals surface area contributed by atoms with Gasteiger partial charge in [-0.05, 0) is 42.1 Å². The van der Waals surface area contributed by atoms with Gasteiger partial charge in [0, 0.05) is 16.3 Å². The number of hydrogen-bond donors (Lipinski definition) is 1. The number of amides is 1. The molecule has 0 aromatic heterocycles. The first-order valence-electron chi connectivity index (χ1n) is 4.79. The molecule has 2 nitrogen and oxygen atoms in total. The van der Waals surface area contributed by atoms with Crippen molar-refractivity contribution in [1.29, 1.82) is 0 Å². The lowest BCUT2D eigenvalue weighted by Gasteiger charge is -2.05. The second-order valence-corrected chi connectivity index (χ2v) is 5.00. The van der Waals surface area contributed by atoms with Crippen LogP contribution >= 0.6 is 23.5 Å². The Hall–Kier alpha value is -0.670. The Bertz CT molecular complexity index is 324. The van der Waals surface area contributed by atoms with Crippen LogP contribution in [0.1, 0.15) is 20.3 Å². The van der Waals surface area contributed by atoms with Crippen LogP contribution in [0.5, 0.6) is 0 Å². The van der Waals surface area contributed by atoms with Crippen LogP contribution in [0.4, 0.5) is 0 Å². The molecule has 0 aliphatic heterocycles. The molecular formula is C11H14ClNOS. The third-order valence-corrected chi connectivity index (χ3v) is 2.78. The second kappa shape index (κ2) is 6.03. The largest absolute Gasteiger partial charge is 0.296 e. The Kier molecular flexibility index (Phi) is 4.99. The van der Waals surface area contributed by atoms with E-state index in [-0.39, 0.29) is 5.91 Å². The van der Waals surface area contributed by atoms with Crippen molar-refractivity contribution >= 4 is 29.5 Å². The van der Waals surface area contributed by atoms with Crippen LogP contribution in [-0.2, 0) is 4.79 Å². The summed E-state index contributed by atoms with van der Waals surface area (Å²) in [5, 5.41) is 0.702. The highest BCUT2D eigenvalue weighted by molar-refractivity contribution is 7.98. The molecule has 0 saturated carbocycles. The molecule has 0 spiro atoms. The summed E-state index contributed by atoms with van der Waals surface area (Å²) in [6.07, 6.45) is 0.556. The van der Waals surface area contributed by atoms with Gasteiger partial charge in [0.25, 0.3) is 0 Å². The standard InChI is InChI=1S/C11H14ClNOS/c1-8(2)7-11(14)13-15-10-5-3-9(12)4-6-10/h3-6,8H,7H2,1-2H3,(H,13,14). The molecule has 0 aliphatic rings. The van der Waals surface area contributed by atoms with E-state index in [0.29, 0.717) is 17.4 Å². The van der Waals surface area contributed by atoms with E-state index in [9.17, 15) is 4.79 Å². The summed E-state index contributed by atoms with van der Waals surface area (Å²) in [4.78, 5) is 12.3. The third-order valence-electron chi connectivity index (χ3n) is 1.69. The van der Waals surface area contributed by atoms with Gasteiger partial charge in [-0.25, -0.2) is 0 Å². The molecule has 0 aliphatic carbocycles. The van der Waals surface area contributed by atoms with E-state index >= 15 is 0 Å². The molecule has 1 N–H and O–H groups in total. The molecule has 0 saturated heterocycles. The monoisotopic (exact) mass is 243 g/mol. The first-order chi connectivity index (χ1) is 7.08. The highest BCUT2D eigenvalue weighted by atomic mass is 35.5. The van der Waals surface area contributed by atoms with E-state index in [2.05, 4.69) is 4.72 Å². The Labute approximate surface area is 99.5 Å². The molecular weight excluding hydrogens is 230 g/mol. The van der Waals surface area contributed by atoms with Crippen LogP contribution in [0.3, 0.4) is 0 Å². The molecule has 1 aromatic rings. The van der Waals surface area contributed by atoms with Crippen LogP contribution in [-0.4, -0.2) is 5.91 Å². The SMILES string of the molecule is CC(C)CC(=O)NSc1ccc(Cl)cc1. The number of rotatable bonds is 4. The van der Waals surface area contributed by atoms with E-state index in [1.54, 1.807) is 12.1 Å². The summed E-state index contributed by atoms with van der Waals surface area (Å²) in [5.74, 6) is 0.445. The number of carbonyl (C=O) groups excluding carboxylic acids is 1. The molecule has 1 aromatic carbocycles. The number of halogens is 1. The fourth-order valence-corrected chi connectivity index (χ4v) is 1.74. The second-order valence-electron chi connectivity index (χ2n) is 3.68. The molecule has 82 valence electrons. The lowest BCUT2D eigenvalue weighted by molar-refractivity contribution is -0.119. The average molecular weight is 244 g/mol. The average Bonchev–Trinajstić information content (AvgIpc) is 2.16. The highest BCUT2D eigenvalue weighted by Crippen LogP contribution is 2.17. The fraction of sp³-hybridized carbons (Fsp3) is 0.364. The number of carbonyl (C=O) groups is 1. The van der Waals surface area contributed by atoms with Crippen molar-refractivity contribution in [3.63, 3.8) is 0 Å². The van der Waals surface area contributed by atoms with Crippen LogP contribution < -0.4 is 4.72 Å². The summed E-state index contributed by atoms with van der Waals surface area (Å²) in [5.41, 5.74) is 0. The Morgan fingerprint density at radius 3 is 2.53 bits per heavy atom. The van der Waals surface area contributed by atoms with Crippen LogP contribution in [0.2, 0.25) is 5.02 Å². The van der Waals surface area contributed by atoms with Gasteiger partial charge in [0.15, 0.2) is 0 Å². The van der Waals surface area contributed by atoms with Crippen LogP contribution in [0.15, 0.2) is 29.2 Å². The summed E-state index contributed by atoms with van der Waals surface area (Å²) < 4.78 is 2.78. The van der Waals surface area contributed by atoms with Gasteiger partial charge in [0.1, 0.15) is 0 Å². The quantitative estimate of drug-likeness (QED) is 0.820. The number of nitrogens with one attached hydrogen (secondary N) is 1. The van der Waals surface area contributed by atoms with Crippen molar-refractivity contribution in [3.8, 4) is 0 Å². The van der Waals surface area contributed by atoms with E-state index in [1.165, 1.54) is 11.9 Å². The molecule has 0 atom stereocenters. The molecule has 1 rings (SSSR count). The van der Waals surface area contributed by atoms with E-state index in [4.69, 9.17) is 11.6 Å². The summed E-state index contributed by atoms with van der Waals surface area (Å²) in [7, 11) is 0. The third kappa shape index (κ3) is 5.09. The topological polar surface area (TPSA) is 29.1 Å². The van der Waals surface area contributed by atoms with Crippen molar-refractivity contribution in [2.45, 2.75) is 25.2 Å². The van der Waals surface area contributed by atoms with E-state index in [0.717, 1.165) is 4.90 Å². The Morgan fingerprint density at radius 2 is 2.00 bits per heavy atom. The first-order valence-corrected chi connectivity index (χ1v) is 5.98. The highest BCUT2D eigenvalue weighted by Gasteiger charge is 2.04. The molecule has 0 unspecified atom stereocenters. The fourth-order valence-electron chi connectivity index (χ4n) is 1.03. The van der Waals surface area contributed by atoms with Gasteiger partial charge < -0.3 is 0 Å². The zero-order valence-electron chi connectivity index (χ0n) is 8.79. The molecule has 4 heteroatoms. The maximum atomic E-state index is 11.3. The predicted octanol–water partition coefficient (Wildman–Crippen LogP) is 3.51. The Morgan fingerprint density at radius 1 is 1.40 bits per heavy atom. The van der Waals surface area contributed by atoms with Gasteiger partial charge in [0.05, 0.1) is 0 Å². The van der Waals surface area contributed by atoms with Gasteiger partial charge in [-0.3, -0.25) is 9.52 Å². The minimum absolute atomic E-state index is 0.0601. The minimum Gasteiger partial charge on any atom is -0.296 e. The van der Waals surface area contributed by atoms with Crippen molar-refractivity contribution in [2.24, 2.45) is 5.92 Å². The van der Waals surface area contributed by atoms with E-state index < -0.39 is 0 Å². The zero-order chi connectivity index (χ0) is 11.3. The van der Waals surface area contributed by atoms with E-state index in [1.807, 2.05) is 26.0 Å². The zero-order valence-corrected chi connectivity index (χ0v) is 10.4. The van der Waals surface area contributed by atoms with Gasteiger partial charge in [-0.15, -0.1) is 0 Å². The van der Waals surface area contributed by atoms with Crippen LogP contribution in [0.25, 0.3) is 0 Å². The maximum absolute atomic E-state index is 11.3. The smallest absolute Gasteiger partial charge is 0.230 e. The summed E-state index contributed by atoms with van der Waals surface area (Å²) >= 11 is 7.07. The Balaban J connectivity index is 2.37. The molecule has 1 amide bonds. The number of benzene rings is 1. The summed E-state index contributed by atoms with van der Waals surface area (Å²) in [6.45, 7) is 4.04. The normalized spacial score (nSPS) is 10.4. The predicted molar refractivity (Wildman–Crippen MR) is 64.9 cm³/mol. The van der Waals surface area contributed by atoms with Gasteiger partial charge in [0.2, 0.25) is 5.91 Å². The van der Waals surface area contributed by atoms with Crippen LogP contribution in [0, 0.1) is 5.92 Å². The van der Waals surface area contributed by atoms with Gasteiger partial charge >= 0.3 is 0 Å². The lowest BCUT2D eigenvalue weighted by atomic mass is 10.1. The maximum Gasteiger partial charge on any atom is 0.230 e. The molecule has 15 heavy (non-hydrogen) atoms. The van der Waals surface area contributed by atoms with Crippen molar-refractivity contribution in [2.75, 3.05) is 0 Å². The van der Waals surface area contributed by atoms with Gasteiger partial charge in [-0.2, -0.15) is 0 Å². The van der Waals surface area contributed by atoms with Gasteiger partial charge in [-0.1, -0.05) is 25.4 Å². The lowest BCUT2D eigenvalue weighted by Crippen LogP contribution is -2.17. The molecule has 0 heterocycles. The number of hydrogen-bond acceptors (Lipinski definition) is 2. The molecule has 0 fully saturated rings. The minimum atomic E-state index is 0.0601. The molecule has 0 radical (unpaired) electrons. The summed E-state index contributed by atoms with van der Waals surface area (Å²) in [6, 6.07) is 7.36. The van der Waals surface area contributed by atoms with Crippen molar-refractivity contribution in [1.82, 2.24) is 4.72 Å². The first kappa shape index (κ1) is 12.4. The molecule has 0 bridgehead atoms.